The van der Waals surface area contributed by atoms with Gasteiger partial charge in [0.1, 0.15) is 16.4 Å². The second-order valence-corrected chi connectivity index (χ2v) is 10.3. The number of hydrogen-bond acceptors (Lipinski definition) is 6. The van der Waals surface area contributed by atoms with Crippen LogP contribution >= 0.6 is 23.2 Å². The molecule has 8 nitrogen and oxygen atoms in total. The molecule has 0 spiro atoms. The SMILES string of the molecule is Cc1cc2c(-c3ccccc3)nc(-c3ccccc3)nc2[nH]1.Cc1cc2c(Cl)nc(Cl)nc2[nH]1.OB(O)c1ccccc1. The van der Waals surface area contributed by atoms with Crippen molar-refractivity contribution in [2.75, 3.05) is 0 Å². The van der Waals surface area contributed by atoms with E-state index < -0.39 is 7.12 Å². The highest BCUT2D eigenvalue weighted by Crippen LogP contribution is 2.29. The van der Waals surface area contributed by atoms with Gasteiger partial charge in [0, 0.05) is 27.9 Å². The van der Waals surface area contributed by atoms with E-state index in [1.54, 1.807) is 24.3 Å². The number of nitrogens with one attached hydrogen (secondary N) is 2. The number of hydrogen-bond donors (Lipinski definition) is 4. The van der Waals surface area contributed by atoms with Gasteiger partial charge >= 0.3 is 7.12 Å². The molecule has 0 amide bonds. The first-order valence-corrected chi connectivity index (χ1v) is 14.1. The van der Waals surface area contributed by atoms with Crippen LogP contribution in [0.15, 0.2) is 103 Å². The van der Waals surface area contributed by atoms with Crippen molar-refractivity contribution in [2.24, 2.45) is 0 Å². The quantitative estimate of drug-likeness (QED) is 0.103. The van der Waals surface area contributed by atoms with Gasteiger partial charge in [-0.1, -0.05) is 103 Å². The van der Waals surface area contributed by atoms with Gasteiger partial charge in [-0.15, -0.1) is 0 Å². The molecule has 0 aliphatic carbocycles. The van der Waals surface area contributed by atoms with Crippen LogP contribution in [0.4, 0.5) is 0 Å². The van der Waals surface area contributed by atoms with Gasteiger partial charge in [0.15, 0.2) is 5.82 Å². The number of aromatic amines is 2. The Morgan fingerprint density at radius 2 is 1.12 bits per heavy atom. The minimum atomic E-state index is -1.34. The number of nitrogens with zero attached hydrogens (tertiary/aromatic N) is 4. The van der Waals surface area contributed by atoms with Crippen molar-refractivity contribution in [2.45, 2.75) is 13.8 Å². The van der Waals surface area contributed by atoms with Crippen LogP contribution in [0.25, 0.3) is 44.7 Å². The van der Waals surface area contributed by atoms with Gasteiger partial charge in [-0.05, 0) is 43.0 Å². The average Bonchev–Trinajstić information content (AvgIpc) is 3.59. The molecule has 4 N–H and O–H groups in total. The molecule has 3 aromatic carbocycles. The maximum atomic E-state index is 8.58. The van der Waals surface area contributed by atoms with Crippen molar-refractivity contribution in [3.05, 3.63) is 125 Å². The Morgan fingerprint density at radius 3 is 1.67 bits per heavy atom. The maximum Gasteiger partial charge on any atom is 0.488 e. The van der Waals surface area contributed by atoms with Gasteiger partial charge in [0.25, 0.3) is 0 Å². The average molecular weight is 609 g/mol. The minimum absolute atomic E-state index is 0.161. The van der Waals surface area contributed by atoms with Gasteiger partial charge in [0.2, 0.25) is 5.28 Å². The highest BCUT2D eigenvalue weighted by atomic mass is 35.5. The molecule has 0 bridgehead atoms. The smallest absolute Gasteiger partial charge is 0.423 e. The van der Waals surface area contributed by atoms with Crippen molar-refractivity contribution < 1.29 is 10.0 Å². The number of H-pyrrole nitrogens is 2. The van der Waals surface area contributed by atoms with E-state index in [1.807, 2.05) is 74.5 Å². The van der Waals surface area contributed by atoms with E-state index in [4.69, 9.17) is 38.2 Å². The van der Waals surface area contributed by atoms with Crippen LogP contribution in [0.5, 0.6) is 0 Å². The van der Waals surface area contributed by atoms with Crippen molar-refractivity contribution in [1.82, 2.24) is 29.9 Å². The van der Waals surface area contributed by atoms with E-state index >= 15 is 0 Å². The molecule has 11 heteroatoms. The Kier molecular flexibility index (Phi) is 9.49. The second-order valence-electron chi connectivity index (χ2n) is 9.62. The molecule has 214 valence electrons. The summed E-state index contributed by atoms with van der Waals surface area (Å²) in [5.74, 6) is 0.744. The summed E-state index contributed by atoms with van der Waals surface area (Å²) in [5, 5.41) is 19.6. The first-order chi connectivity index (χ1) is 20.8. The third-order valence-electron chi connectivity index (χ3n) is 6.35. The fourth-order valence-corrected chi connectivity index (χ4v) is 4.81. The molecule has 7 aromatic rings. The fourth-order valence-electron chi connectivity index (χ4n) is 4.38. The summed E-state index contributed by atoms with van der Waals surface area (Å²) >= 11 is 11.4. The Morgan fingerprint density at radius 1 is 0.605 bits per heavy atom. The summed E-state index contributed by atoms with van der Waals surface area (Å²) in [6.07, 6.45) is 0. The van der Waals surface area contributed by atoms with E-state index in [2.05, 4.69) is 43.1 Å². The van der Waals surface area contributed by atoms with E-state index in [0.717, 1.165) is 50.5 Å². The lowest BCUT2D eigenvalue weighted by Crippen LogP contribution is -2.29. The Labute approximate surface area is 258 Å². The number of benzene rings is 3. The van der Waals surface area contributed by atoms with Crippen LogP contribution in [0.2, 0.25) is 10.4 Å². The second kappa shape index (κ2) is 13.6. The van der Waals surface area contributed by atoms with Gasteiger partial charge < -0.3 is 20.0 Å². The van der Waals surface area contributed by atoms with Gasteiger partial charge in [-0.3, -0.25) is 0 Å². The van der Waals surface area contributed by atoms with Gasteiger partial charge in [0.05, 0.1) is 11.1 Å². The lowest BCUT2D eigenvalue weighted by Gasteiger charge is -2.06. The fraction of sp³-hybridized carbons (Fsp3) is 0.0625. The normalized spacial score (nSPS) is 10.6. The summed E-state index contributed by atoms with van der Waals surface area (Å²) in [7, 11) is -1.34. The molecule has 0 fully saturated rings. The van der Waals surface area contributed by atoms with Gasteiger partial charge in [-0.2, -0.15) is 4.98 Å². The first kappa shape index (κ1) is 29.9. The predicted octanol–water partition coefficient (Wildman–Crippen LogP) is 6.54. The topological polar surface area (TPSA) is 124 Å². The molecule has 0 aliphatic heterocycles. The van der Waals surface area contributed by atoms with Crippen LogP contribution in [-0.4, -0.2) is 47.1 Å². The highest BCUT2D eigenvalue weighted by molar-refractivity contribution is 6.58. The zero-order valence-corrected chi connectivity index (χ0v) is 24.8. The van der Waals surface area contributed by atoms with Crippen LogP contribution in [0.3, 0.4) is 0 Å². The lowest BCUT2D eigenvalue weighted by atomic mass is 9.81. The van der Waals surface area contributed by atoms with Crippen molar-refractivity contribution in [3.8, 4) is 22.6 Å². The van der Waals surface area contributed by atoms with E-state index in [-0.39, 0.29) is 5.28 Å². The van der Waals surface area contributed by atoms with Crippen molar-refractivity contribution in [3.63, 3.8) is 0 Å². The maximum absolute atomic E-state index is 8.58. The van der Waals surface area contributed by atoms with Gasteiger partial charge in [-0.25, -0.2) is 15.0 Å². The molecule has 4 heterocycles. The summed E-state index contributed by atoms with van der Waals surface area (Å²) in [5.41, 5.74) is 7.25. The zero-order chi connectivity index (χ0) is 30.3. The number of fused-ring (bicyclic) bond motifs is 2. The number of aryl methyl sites for hydroxylation is 2. The first-order valence-electron chi connectivity index (χ1n) is 13.4. The standard InChI is InChI=1S/C19H15N3.C7H5Cl2N3.C6H7BO2/c1-13-12-16-17(14-8-4-2-5-9-14)21-18(22-19(16)20-13)15-10-6-3-7-11-15;1-3-2-4-5(8)11-7(9)12-6(4)10-3;8-7(9)6-4-2-1-3-5-6/h2-12H,1H3,(H,20,21,22);2H,1H3,(H,10,11,12);1-5,8-9H. The molecule has 0 saturated carbocycles. The molecular weight excluding hydrogens is 582 g/mol. The van der Waals surface area contributed by atoms with Crippen LogP contribution < -0.4 is 5.46 Å². The third-order valence-corrected chi connectivity index (χ3v) is 6.80. The Balaban J connectivity index is 0.000000147. The Hall–Kier alpha value is -4.54. The summed E-state index contributed by atoms with van der Waals surface area (Å²) < 4.78 is 0. The summed E-state index contributed by atoms with van der Waals surface area (Å²) in [4.78, 5) is 23.6. The van der Waals surface area contributed by atoms with E-state index in [1.165, 1.54) is 0 Å². The molecule has 0 atom stereocenters. The zero-order valence-electron chi connectivity index (χ0n) is 23.3. The summed E-state index contributed by atoms with van der Waals surface area (Å²) in [6.45, 7) is 3.96. The van der Waals surface area contributed by atoms with Crippen LogP contribution in [0.1, 0.15) is 11.4 Å². The predicted molar refractivity (Wildman–Crippen MR) is 174 cm³/mol. The number of aromatic nitrogens is 6. The number of rotatable bonds is 3. The highest BCUT2D eigenvalue weighted by Gasteiger charge is 2.13. The monoisotopic (exact) mass is 608 g/mol. The largest absolute Gasteiger partial charge is 0.488 e. The Bertz CT molecular complexity index is 1950. The molecule has 0 aliphatic rings. The lowest BCUT2D eigenvalue weighted by molar-refractivity contribution is 0.426. The third kappa shape index (κ3) is 7.46. The summed E-state index contributed by atoms with van der Waals surface area (Å²) in [6, 6.07) is 33.0. The molecule has 0 radical (unpaired) electrons. The number of halogens is 2. The molecule has 43 heavy (non-hydrogen) atoms. The molecule has 0 saturated heterocycles. The van der Waals surface area contributed by atoms with Crippen LogP contribution in [-0.2, 0) is 0 Å². The van der Waals surface area contributed by atoms with E-state index in [9.17, 15) is 0 Å². The van der Waals surface area contributed by atoms with Crippen molar-refractivity contribution >= 4 is 57.8 Å². The van der Waals surface area contributed by atoms with Crippen molar-refractivity contribution in [1.29, 1.82) is 0 Å². The molecular formula is C32H27BCl2N6O2. The molecule has 0 unspecified atom stereocenters. The minimum Gasteiger partial charge on any atom is -0.423 e. The molecule has 7 rings (SSSR count). The van der Waals surface area contributed by atoms with Crippen LogP contribution in [0, 0.1) is 13.8 Å². The van der Waals surface area contributed by atoms with E-state index in [0.29, 0.717) is 16.3 Å². The molecule has 4 aromatic heterocycles.